The number of carbonyl (C=O) groups is 2. The number of ether oxygens (including phenoxy) is 3. The lowest BCUT2D eigenvalue weighted by atomic mass is 9.90. The highest BCUT2D eigenvalue weighted by atomic mass is 16.6. The fourth-order valence-electron chi connectivity index (χ4n) is 4.65. The maximum atomic E-state index is 12.1. The molecule has 1 aliphatic heterocycles. The average molecular weight is 480 g/mol. The van der Waals surface area contributed by atoms with Crippen LogP contribution in [0.4, 0.5) is 0 Å². The number of benzene rings is 2. The average Bonchev–Trinajstić information content (AvgIpc) is 2.89. The number of hydrogen-bond donors (Lipinski definition) is 2. The Morgan fingerprint density at radius 2 is 1.89 bits per heavy atom. The summed E-state index contributed by atoms with van der Waals surface area (Å²) in [5, 5.41) is 12.2. The van der Waals surface area contributed by atoms with Gasteiger partial charge in [-0.3, -0.25) is 0 Å². The third-order valence-electron chi connectivity index (χ3n) is 6.54. The van der Waals surface area contributed by atoms with Crippen molar-refractivity contribution in [3.05, 3.63) is 71.8 Å². The molecule has 1 saturated carbocycles. The molecule has 2 aromatic rings. The SMILES string of the molecule is O=C(O)/C=C\C(=O)OC(CNC1CCCCC1)COc1ccc2c(c1)OCC(c1ccccc1)C2. The second-order valence-corrected chi connectivity index (χ2v) is 9.18. The van der Waals surface area contributed by atoms with E-state index < -0.39 is 18.0 Å². The normalized spacial score (nSPS) is 18.9. The predicted molar refractivity (Wildman–Crippen MR) is 132 cm³/mol. The number of hydrogen-bond acceptors (Lipinski definition) is 6. The number of carbonyl (C=O) groups excluding carboxylic acids is 1. The molecule has 1 heterocycles. The molecular formula is C28H33NO6. The van der Waals surface area contributed by atoms with Crippen molar-refractivity contribution in [1.29, 1.82) is 0 Å². The first-order valence-corrected chi connectivity index (χ1v) is 12.4. The van der Waals surface area contributed by atoms with Crippen LogP contribution < -0.4 is 14.8 Å². The van der Waals surface area contributed by atoms with Crippen LogP contribution in [0.5, 0.6) is 11.5 Å². The summed E-state index contributed by atoms with van der Waals surface area (Å²) < 4.78 is 17.5. The van der Waals surface area contributed by atoms with Crippen LogP contribution in [0.2, 0.25) is 0 Å². The second-order valence-electron chi connectivity index (χ2n) is 9.18. The van der Waals surface area contributed by atoms with E-state index in [1.807, 2.05) is 36.4 Å². The van der Waals surface area contributed by atoms with Gasteiger partial charge in [0.2, 0.25) is 0 Å². The molecule has 7 heteroatoms. The topological polar surface area (TPSA) is 94.1 Å². The van der Waals surface area contributed by atoms with E-state index in [2.05, 4.69) is 17.4 Å². The van der Waals surface area contributed by atoms with Crippen LogP contribution >= 0.6 is 0 Å². The zero-order chi connectivity index (χ0) is 24.5. The van der Waals surface area contributed by atoms with Gasteiger partial charge in [0.25, 0.3) is 0 Å². The molecule has 2 aliphatic rings. The van der Waals surface area contributed by atoms with E-state index in [0.29, 0.717) is 30.9 Å². The van der Waals surface area contributed by atoms with Crippen molar-refractivity contribution in [2.45, 2.75) is 56.6 Å². The molecule has 0 saturated heterocycles. The molecule has 1 aliphatic carbocycles. The van der Waals surface area contributed by atoms with Gasteiger partial charge in [-0.25, -0.2) is 9.59 Å². The van der Waals surface area contributed by atoms with Crippen molar-refractivity contribution in [2.75, 3.05) is 19.8 Å². The van der Waals surface area contributed by atoms with E-state index in [1.165, 1.54) is 24.8 Å². The lowest BCUT2D eigenvalue weighted by Crippen LogP contribution is -2.41. The Bertz CT molecular complexity index is 1020. The summed E-state index contributed by atoms with van der Waals surface area (Å²) in [6.07, 6.45) is 7.90. The van der Waals surface area contributed by atoms with Gasteiger partial charge in [0.15, 0.2) is 0 Å². The standard InChI is InChI=1S/C28H33NO6/c30-27(31)13-14-28(32)35-25(17-29-23-9-5-2-6-10-23)19-33-24-12-11-21-15-22(18-34-26(21)16-24)20-7-3-1-4-8-20/h1,3-4,7-8,11-14,16,22-23,25,29H,2,5-6,9-10,15,17-19H2,(H,30,31)/b14-13-. The zero-order valence-electron chi connectivity index (χ0n) is 19.9. The number of aliphatic carboxylic acids is 1. The van der Waals surface area contributed by atoms with Crippen LogP contribution in [0.15, 0.2) is 60.7 Å². The Balaban J connectivity index is 1.35. The van der Waals surface area contributed by atoms with E-state index in [4.69, 9.17) is 19.3 Å². The lowest BCUT2D eigenvalue weighted by molar-refractivity contribution is -0.144. The second kappa shape index (κ2) is 12.4. The van der Waals surface area contributed by atoms with E-state index in [1.54, 1.807) is 0 Å². The highest BCUT2D eigenvalue weighted by Crippen LogP contribution is 2.34. The van der Waals surface area contributed by atoms with E-state index >= 15 is 0 Å². The quantitative estimate of drug-likeness (QED) is 0.388. The van der Waals surface area contributed by atoms with Crippen molar-refractivity contribution in [1.82, 2.24) is 5.32 Å². The van der Waals surface area contributed by atoms with E-state index in [9.17, 15) is 9.59 Å². The van der Waals surface area contributed by atoms with Gasteiger partial charge < -0.3 is 24.6 Å². The van der Waals surface area contributed by atoms with Gasteiger partial charge in [0.05, 0.1) is 6.61 Å². The predicted octanol–water partition coefficient (Wildman–Crippen LogP) is 4.26. The van der Waals surface area contributed by atoms with Crippen molar-refractivity contribution in [2.24, 2.45) is 0 Å². The molecule has 4 rings (SSSR count). The molecular weight excluding hydrogens is 446 g/mol. The van der Waals surface area contributed by atoms with Crippen LogP contribution in [-0.2, 0) is 20.7 Å². The summed E-state index contributed by atoms with van der Waals surface area (Å²) in [5.74, 6) is -0.121. The fraction of sp³-hybridized carbons (Fsp3) is 0.429. The summed E-state index contributed by atoms with van der Waals surface area (Å²) in [4.78, 5) is 22.8. The molecule has 1 fully saturated rings. The molecule has 2 unspecified atom stereocenters. The molecule has 0 radical (unpaired) electrons. The highest BCUT2D eigenvalue weighted by molar-refractivity contribution is 5.90. The molecule has 2 aromatic carbocycles. The van der Waals surface area contributed by atoms with Crippen LogP contribution in [0.3, 0.4) is 0 Å². The number of fused-ring (bicyclic) bond motifs is 1. The number of carboxylic acids is 1. The lowest BCUT2D eigenvalue weighted by Gasteiger charge is -2.27. The molecule has 0 amide bonds. The minimum Gasteiger partial charge on any atom is -0.493 e. The Morgan fingerprint density at radius 3 is 2.66 bits per heavy atom. The maximum Gasteiger partial charge on any atom is 0.331 e. The molecule has 0 bridgehead atoms. The summed E-state index contributed by atoms with van der Waals surface area (Å²) >= 11 is 0. The van der Waals surface area contributed by atoms with E-state index in [-0.39, 0.29) is 6.61 Å². The molecule has 35 heavy (non-hydrogen) atoms. The minimum absolute atomic E-state index is 0.151. The van der Waals surface area contributed by atoms with Crippen LogP contribution in [-0.4, -0.2) is 48.9 Å². The molecule has 0 aromatic heterocycles. The van der Waals surface area contributed by atoms with Crippen LogP contribution in [0.25, 0.3) is 0 Å². The molecule has 0 spiro atoms. The summed E-state index contributed by atoms with van der Waals surface area (Å²) in [6.45, 7) is 1.21. The molecule has 2 atom stereocenters. The largest absolute Gasteiger partial charge is 0.493 e. The van der Waals surface area contributed by atoms with Crippen molar-refractivity contribution in [3.63, 3.8) is 0 Å². The Kier molecular flexibility index (Phi) is 8.79. The van der Waals surface area contributed by atoms with Gasteiger partial charge in [0, 0.05) is 36.7 Å². The van der Waals surface area contributed by atoms with Crippen molar-refractivity contribution in [3.8, 4) is 11.5 Å². The number of esters is 1. The van der Waals surface area contributed by atoms with Crippen molar-refractivity contribution >= 4 is 11.9 Å². The number of rotatable bonds is 10. The third kappa shape index (κ3) is 7.59. The van der Waals surface area contributed by atoms with Crippen LogP contribution in [0.1, 0.15) is 49.1 Å². The Morgan fingerprint density at radius 1 is 1.09 bits per heavy atom. The van der Waals surface area contributed by atoms with Gasteiger partial charge in [-0.15, -0.1) is 0 Å². The maximum absolute atomic E-state index is 12.1. The highest BCUT2D eigenvalue weighted by Gasteiger charge is 2.23. The van der Waals surface area contributed by atoms with Gasteiger partial charge >= 0.3 is 11.9 Å². The minimum atomic E-state index is -1.20. The monoisotopic (exact) mass is 479 g/mol. The first kappa shape index (κ1) is 24.8. The van der Waals surface area contributed by atoms with Crippen molar-refractivity contribution < 1.29 is 28.9 Å². The fourth-order valence-corrected chi connectivity index (χ4v) is 4.65. The van der Waals surface area contributed by atoms with Gasteiger partial charge in [-0.2, -0.15) is 0 Å². The third-order valence-corrected chi connectivity index (χ3v) is 6.54. The smallest absolute Gasteiger partial charge is 0.331 e. The molecule has 7 nitrogen and oxygen atoms in total. The van der Waals surface area contributed by atoms with E-state index in [0.717, 1.165) is 42.7 Å². The first-order valence-electron chi connectivity index (χ1n) is 12.4. The van der Waals surface area contributed by atoms with Crippen LogP contribution in [0, 0.1) is 0 Å². The first-order chi connectivity index (χ1) is 17.1. The summed E-state index contributed by atoms with van der Waals surface area (Å²) in [6, 6.07) is 16.6. The number of nitrogens with one attached hydrogen (secondary N) is 1. The zero-order valence-corrected chi connectivity index (χ0v) is 19.9. The van der Waals surface area contributed by atoms with Gasteiger partial charge in [-0.1, -0.05) is 55.7 Å². The molecule has 186 valence electrons. The van der Waals surface area contributed by atoms with Gasteiger partial charge in [-0.05, 0) is 36.5 Å². The molecule has 2 N–H and O–H groups in total. The Hall–Kier alpha value is -3.32. The van der Waals surface area contributed by atoms with Gasteiger partial charge in [0.1, 0.15) is 24.2 Å². The number of carboxylic acid groups (broad SMARTS) is 1. The summed E-state index contributed by atoms with van der Waals surface area (Å²) in [5.41, 5.74) is 2.41. The Labute approximate surface area is 206 Å². The summed E-state index contributed by atoms with van der Waals surface area (Å²) in [7, 11) is 0.